The Kier molecular flexibility index (Phi) is 14.7. The maximum absolute atomic E-state index is 14.6. The molecule has 65 heavy (non-hydrogen) atoms. The lowest BCUT2D eigenvalue weighted by Gasteiger charge is -2.43. The number of hydrogen-bond acceptors (Lipinski definition) is 10. The number of pyridine rings is 1. The van der Waals surface area contributed by atoms with Crippen LogP contribution in [0, 0.1) is 17.8 Å². The molecule has 352 valence electrons. The van der Waals surface area contributed by atoms with E-state index in [2.05, 4.69) is 27.3 Å². The van der Waals surface area contributed by atoms with Gasteiger partial charge in [0.25, 0.3) is 5.56 Å². The molecule has 0 radical (unpaired) electrons. The van der Waals surface area contributed by atoms with Crippen LogP contribution in [-0.4, -0.2) is 129 Å². The molecule has 4 aromatic rings. The summed E-state index contributed by atoms with van der Waals surface area (Å²) >= 11 is 0. The molecular formula is C50H70N8O7. The second-order valence-electron chi connectivity index (χ2n) is 19.8. The number of benzene rings is 2. The molecule has 15 heteroatoms. The van der Waals surface area contributed by atoms with E-state index in [9.17, 15) is 24.0 Å². The van der Waals surface area contributed by atoms with Crippen LogP contribution < -0.4 is 10.9 Å². The highest BCUT2D eigenvalue weighted by Gasteiger charge is 2.35. The van der Waals surface area contributed by atoms with Crippen LogP contribution in [0.5, 0.6) is 0 Å². The van der Waals surface area contributed by atoms with Gasteiger partial charge in [-0.3, -0.25) is 28.6 Å². The molecule has 15 nitrogen and oxygen atoms in total. The quantitative estimate of drug-likeness (QED) is 0.144. The number of carbonyl (C=O) groups is 4. The summed E-state index contributed by atoms with van der Waals surface area (Å²) in [4.78, 5) is 77.1. The highest BCUT2D eigenvalue weighted by atomic mass is 16.5. The Morgan fingerprint density at radius 3 is 2.06 bits per heavy atom. The van der Waals surface area contributed by atoms with Crippen molar-refractivity contribution < 1.29 is 28.7 Å². The number of rotatable bonds is 14. The van der Waals surface area contributed by atoms with E-state index in [1.165, 1.54) is 0 Å². The molecule has 0 aliphatic carbocycles. The van der Waals surface area contributed by atoms with E-state index in [1.807, 2.05) is 95.8 Å². The first-order chi connectivity index (χ1) is 31.0. The molecule has 3 amide bonds. The number of aromatic nitrogens is 3. The third-order valence-corrected chi connectivity index (χ3v) is 14.6. The standard InChI is InChI=1S/C50H70N8O7/c1-9-49(4,5)46(61)64-32-57-42-14-12-11-13-37(42)30-40(44(57)59)36-15-21-56(22-16-36)48(63)52-41(45(60)55-25-23-54(24-26-55)39-17-19-53(8)20-18-39)29-35-27-34(3)43-38(28-35)31-51-58(43)33-65-47(62)50(6,7)10-2/h11-14,27-28,30-31,36,39,41H,9-10,15-26,29,32-33H2,1-8H3,(H,52,63). The first kappa shape index (κ1) is 47.7. The van der Waals surface area contributed by atoms with Crippen LogP contribution in [-0.2, 0) is 43.7 Å². The van der Waals surface area contributed by atoms with Gasteiger partial charge < -0.3 is 29.5 Å². The zero-order chi connectivity index (χ0) is 46.6. The highest BCUT2D eigenvalue weighted by Crippen LogP contribution is 2.30. The van der Waals surface area contributed by atoms with Crippen molar-refractivity contribution in [2.45, 2.75) is 125 Å². The number of hydrogen-bond donors (Lipinski definition) is 1. The number of fused-ring (bicyclic) bond motifs is 2. The van der Waals surface area contributed by atoms with Crippen LogP contribution in [0.1, 0.15) is 103 Å². The average molecular weight is 895 g/mol. The maximum atomic E-state index is 14.6. The lowest BCUT2D eigenvalue weighted by molar-refractivity contribution is -0.159. The van der Waals surface area contributed by atoms with E-state index >= 15 is 0 Å². The number of esters is 2. The van der Waals surface area contributed by atoms with Crippen molar-refractivity contribution in [3.63, 3.8) is 0 Å². The molecule has 3 saturated heterocycles. The summed E-state index contributed by atoms with van der Waals surface area (Å²) in [7, 11) is 2.17. The number of urea groups is 1. The monoisotopic (exact) mass is 895 g/mol. The number of para-hydroxylation sites is 1. The van der Waals surface area contributed by atoms with Crippen molar-refractivity contribution in [2.75, 3.05) is 59.4 Å². The number of piperazine rings is 1. The fourth-order valence-corrected chi connectivity index (χ4v) is 9.39. The van der Waals surface area contributed by atoms with Gasteiger partial charge in [-0.15, -0.1) is 0 Å². The second kappa shape index (κ2) is 20.1. The van der Waals surface area contributed by atoms with Crippen molar-refractivity contribution in [1.82, 2.24) is 39.3 Å². The molecule has 1 unspecified atom stereocenters. The molecule has 0 bridgehead atoms. The molecule has 5 heterocycles. The van der Waals surface area contributed by atoms with Crippen molar-refractivity contribution in [3.05, 3.63) is 75.7 Å². The van der Waals surface area contributed by atoms with E-state index in [-0.39, 0.29) is 55.2 Å². The van der Waals surface area contributed by atoms with Gasteiger partial charge in [0.1, 0.15) is 6.04 Å². The SMILES string of the molecule is CCC(C)(C)C(=O)OCn1ncc2cc(CC(NC(=O)N3CCC(c4cc5ccccc5n(COC(=O)C(C)(C)CC)c4=O)CC3)C(=O)N3CCN(C4CCN(C)CC4)CC3)cc(C)c21. The van der Waals surface area contributed by atoms with E-state index in [0.29, 0.717) is 69.0 Å². The van der Waals surface area contributed by atoms with Gasteiger partial charge >= 0.3 is 18.0 Å². The first-order valence-corrected chi connectivity index (χ1v) is 23.7. The average Bonchev–Trinajstić information content (AvgIpc) is 3.73. The number of aryl methyl sites for hydroxylation is 1. The Balaban J connectivity index is 1.06. The molecule has 7 rings (SSSR count). The number of piperidine rings is 2. The molecule has 3 fully saturated rings. The Hall–Kier alpha value is -5.28. The topological polar surface area (TPSA) is 152 Å². The number of carbonyl (C=O) groups excluding carboxylic acids is 4. The van der Waals surface area contributed by atoms with Gasteiger partial charge in [0.15, 0.2) is 13.5 Å². The predicted molar refractivity (Wildman–Crippen MR) is 251 cm³/mol. The minimum absolute atomic E-state index is 0.00665. The van der Waals surface area contributed by atoms with Gasteiger partial charge in [0, 0.05) is 62.7 Å². The summed E-state index contributed by atoms with van der Waals surface area (Å²) in [6.45, 7) is 18.8. The van der Waals surface area contributed by atoms with Gasteiger partial charge in [-0.1, -0.05) is 38.1 Å². The minimum atomic E-state index is -0.813. The van der Waals surface area contributed by atoms with Gasteiger partial charge in [-0.2, -0.15) is 5.10 Å². The molecule has 0 saturated carbocycles. The molecule has 0 spiro atoms. The number of ether oxygens (including phenoxy) is 2. The van der Waals surface area contributed by atoms with E-state index in [0.717, 1.165) is 66.4 Å². The maximum Gasteiger partial charge on any atom is 0.318 e. The summed E-state index contributed by atoms with van der Waals surface area (Å²) in [6.07, 6.45) is 6.68. The van der Waals surface area contributed by atoms with Crippen LogP contribution in [0.2, 0.25) is 0 Å². The largest absolute Gasteiger partial charge is 0.443 e. The third kappa shape index (κ3) is 10.7. The molecule has 3 aliphatic rings. The first-order valence-electron chi connectivity index (χ1n) is 23.7. The van der Waals surface area contributed by atoms with Crippen LogP contribution in [0.3, 0.4) is 0 Å². The molecule has 3 aliphatic heterocycles. The molecule has 2 aromatic heterocycles. The minimum Gasteiger partial charge on any atom is -0.443 e. The summed E-state index contributed by atoms with van der Waals surface area (Å²) in [5.74, 6) is -0.851. The molecule has 1 atom stereocenters. The number of nitrogens with one attached hydrogen (secondary N) is 1. The second-order valence-corrected chi connectivity index (χ2v) is 19.8. The zero-order valence-corrected chi connectivity index (χ0v) is 39.9. The number of likely N-dealkylation sites (tertiary alicyclic amines) is 2. The Morgan fingerprint density at radius 2 is 1.42 bits per heavy atom. The van der Waals surface area contributed by atoms with Crippen molar-refractivity contribution in [2.24, 2.45) is 10.8 Å². The summed E-state index contributed by atoms with van der Waals surface area (Å²) in [5, 5.41) is 9.44. The number of amides is 3. The summed E-state index contributed by atoms with van der Waals surface area (Å²) in [5.41, 5.74) is 2.51. The fraction of sp³-hybridized carbons (Fsp3) is 0.600. The molecule has 1 N–H and O–H groups in total. The van der Waals surface area contributed by atoms with Crippen LogP contribution >= 0.6 is 0 Å². The Bertz CT molecular complexity index is 2420. The highest BCUT2D eigenvalue weighted by molar-refractivity contribution is 5.88. The lowest BCUT2D eigenvalue weighted by Crippen LogP contribution is -2.59. The lowest BCUT2D eigenvalue weighted by atomic mass is 9.89. The zero-order valence-electron chi connectivity index (χ0n) is 39.9. The van der Waals surface area contributed by atoms with Crippen LogP contribution in [0.4, 0.5) is 4.79 Å². The normalized spacial score (nSPS) is 18.0. The van der Waals surface area contributed by atoms with Crippen LogP contribution in [0.25, 0.3) is 21.8 Å². The predicted octanol–water partition coefficient (Wildman–Crippen LogP) is 6.27. The van der Waals surface area contributed by atoms with E-state index < -0.39 is 16.9 Å². The van der Waals surface area contributed by atoms with Gasteiger partial charge in [0.2, 0.25) is 5.91 Å². The van der Waals surface area contributed by atoms with E-state index in [1.54, 1.807) is 20.3 Å². The summed E-state index contributed by atoms with van der Waals surface area (Å²) < 4.78 is 14.6. The van der Waals surface area contributed by atoms with Crippen LogP contribution in [0.15, 0.2) is 53.5 Å². The number of nitrogens with zero attached hydrogens (tertiary/aromatic N) is 7. The Morgan fingerprint density at radius 1 is 0.785 bits per heavy atom. The fourth-order valence-electron chi connectivity index (χ4n) is 9.39. The van der Waals surface area contributed by atoms with Crippen molar-refractivity contribution in [3.8, 4) is 0 Å². The van der Waals surface area contributed by atoms with Crippen molar-refractivity contribution in [1.29, 1.82) is 0 Å². The molecule has 2 aromatic carbocycles. The summed E-state index contributed by atoms with van der Waals surface area (Å²) in [6, 6.07) is 13.0. The van der Waals surface area contributed by atoms with Gasteiger partial charge in [-0.25, -0.2) is 9.48 Å². The van der Waals surface area contributed by atoms with Gasteiger partial charge in [0.05, 0.1) is 28.1 Å². The third-order valence-electron chi connectivity index (χ3n) is 14.6. The van der Waals surface area contributed by atoms with Crippen molar-refractivity contribution >= 4 is 45.7 Å². The van der Waals surface area contributed by atoms with Gasteiger partial charge in [-0.05, 0) is 134 Å². The smallest absolute Gasteiger partial charge is 0.318 e. The van der Waals surface area contributed by atoms with E-state index in [4.69, 9.17) is 9.47 Å². The Labute approximate surface area is 383 Å². The molecular weight excluding hydrogens is 825 g/mol.